The van der Waals surface area contributed by atoms with Crippen LogP contribution in [0.3, 0.4) is 0 Å². The number of thioether (sulfide) groups is 1. The highest BCUT2D eigenvalue weighted by atomic mass is 32.2. The first kappa shape index (κ1) is 14.1. The molecule has 1 unspecified atom stereocenters. The van der Waals surface area contributed by atoms with Gasteiger partial charge in [0.15, 0.2) is 0 Å². The second-order valence-electron chi connectivity index (χ2n) is 4.21. The molecule has 0 saturated carbocycles. The second-order valence-corrected chi connectivity index (χ2v) is 5.69. The van der Waals surface area contributed by atoms with E-state index >= 15 is 0 Å². The largest absolute Gasteiger partial charge is 0.466 e. The molecule has 0 amide bonds. The average molecular weight is 252 g/mol. The minimum Gasteiger partial charge on any atom is -0.466 e. The predicted molar refractivity (Wildman–Crippen MR) is 72.5 cm³/mol. The summed E-state index contributed by atoms with van der Waals surface area (Å²) in [6.45, 7) is 8.54. The van der Waals surface area contributed by atoms with E-state index in [-0.39, 0.29) is 11.2 Å². The summed E-state index contributed by atoms with van der Waals surface area (Å²) in [7, 11) is 0. The molecular formula is C14H20O2S. The van der Waals surface area contributed by atoms with Crippen LogP contribution in [0.5, 0.6) is 0 Å². The highest BCUT2D eigenvalue weighted by Gasteiger charge is 2.12. The van der Waals surface area contributed by atoms with Gasteiger partial charge in [0.2, 0.25) is 0 Å². The molecule has 3 heteroatoms. The molecule has 0 heterocycles. The van der Waals surface area contributed by atoms with Gasteiger partial charge < -0.3 is 4.74 Å². The Kier molecular flexibility index (Phi) is 5.56. The molecule has 0 aliphatic heterocycles. The van der Waals surface area contributed by atoms with Gasteiger partial charge in [-0.3, -0.25) is 4.79 Å². The zero-order valence-corrected chi connectivity index (χ0v) is 11.8. The Morgan fingerprint density at radius 2 is 2.12 bits per heavy atom. The maximum absolute atomic E-state index is 11.3. The molecule has 0 bridgehead atoms. The fourth-order valence-electron chi connectivity index (χ4n) is 1.64. The molecule has 0 spiro atoms. The maximum atomic E-state index is 11.3. The Bertz CT molecular complexity index is 388. The summed E-state index contributed by atoms with van der Waals surface area (Å²) in [5, 5.41) is 0.246. The van der Waals surface area contributed by atoms with Crippen molar-refractivity contribution in [2.45, 2.75) is 44.3 Å². The lowest BCUT2D eigenvalue weighted by Crippen LogP contribution is -2.10. The zero-order valence-electron chi connectivity index (χ0n) is 10.9. The lowest BCUT2D eigenvalue weighted by atomic mass is 10.2. The molecule has 0 N–H and O–H groups in total. The number of ether oxygens (including phenoxy) is 1. The van der Waals surface area contributed by atoms with Crippen molar-refractivity contribution in [2.75, 3.05) is 6.61 Å². The molecule has 0 fully saturated rings. The van der Waals surface area contributed by atoms with Gasteiger partial charge in [0.1, 0.15) is 0 Å². The van der Waals surface area contributed by atoms with E-state index in [2.05, 4.69) is 39.0 Å². The van der Waals surface area contributed by atoms with Crippen LogP contribution < -0.4 is 0 Å². The average Bonchev–Trinajstić information content (AvgIpc) is 2.22. The van der Waals surface area contributed by atoms with Crippen molar-refractivity contribution in [2.24, 2.45) is 0 Å². The third-order valence-electron chi connectivity index (χ3n) is 2.42. The van der Waals surface area contributed by atoms with E-state index in [9.17, 15) is 4.79 Å². The number of carbonyl (C=O) groups is 1. The summed E-state index contributed by atoms with van der Waals surface area (Å²) in [5.74, 6) is -0.114. The molecule has 1 aromatic carbocycles. The van der Waals surface area contributed by atoms with E-state index in [0.717, 1.165) is 0 Å². The van der Waals surface area contributed by atoms with Crippen LogP contribution in [0, 0.1) is 13.8 Å². The molecule has 17 heavy (non-hydrogen) atoms. The van der Waals surface area contributed by atoms with Crippen LogP contribution in [-0.4, -0.2) is 17.8 Å². The number of rotatable bonds is 5. The van der Waals surface area contributed by atoms with Crippen molar-refractivity contribution in [1.29, 1.82) is 0 Å². The first-order valence-corrected chi connectivity index (χ1v) is 6.80. The third-order valence-corrected chi connectivity index (χ3v) is 3.70. The lowest BCUT2D eigenvalue weighted by Gasteiger charge is -2.12. The van der Waals surface area contributed by atoms with Crippen LogP contribution in [0.15, 0.2) is 23.1 Å². The Balaban J connectivity index is 2.55. The summed E-state index contributed by atoms with van der Waals surface area (Å²) in [5.41, 5.74) is 2.54. The molecule has 0 saturated heterocycles. The van der Waals surface area contributed by atoms with E-state index < -0.39 is 0 Å². The molecule has 2 nitrogen and oxygen atoms in total. The first-order chi connectivity index (χ1) is 8.02. The lowest BCUT2D eigenvalue weighted by molar-refractivity contribution is -0.142. The molecular weight excluding hydrogens is 232 g/mol. The Morgan fingerprint density at radius 3 is 2.71 bits per heavy atom. The summed E-state index contributed by atoms with van der Waals surface area (Å²) < 4.78 is 4.95. The van der Waals surface area contributed by atoms with Gasteiger partial charge >= 0.3 is 5.97 Å². The standard InChI is InChI=1S/C14H20O2S/c1-5-16-14(15)9-12(4)17-13-7-6-10(2)8-11(13)3/h6-8,12H,5,9H2,1-4H3. The fraction of sp³-hybridized carbons (Fsp3) is 0.500. The van der Waals surface area contributed by atoms with Gasteiger partial charge in [-0.15, -0.1) is 11.8 Å². The smallest absolute Gasteiger partial charge is 0.306 e. The van der Waals surface area contributed by atoms with E-state index in [1.54, 1.807) is 11.8 Å². The van der Waals surface area contributed by atoms with E-state index in [4.69, 9.17) is 4.74 Å². The van der Waals surface area contributed by atoms with Crippen molar-refractivity contribution in [1.82, 2.24) is 0 Å². The molecule has 0 aliphatic carbocycles. The highest BCUT2D eigenvalue weighted by molar-refractivity contribution is 8.00. The first-order valence-electron chi connectivity index (χ1n) is 5.92. The van der Waals surface area contributed by atoms with E-state index in [0.29, 0.717) is 13.0 Å². The van der Waals surface area contributed by atoms with Gasteiger partial charge in [-0.25, -0.2) is 0 Å². The SMILES string of the molecule is CCOC(=O)CC(C)Sc1ccc(C)cc1C. The van der Waals surface area contributed by atoms with Gasteiger partial charge in [0.25, 0.3) is 0 Å². The predicted octanol–water partition coefficient (Wildman–Crippen LogP) is 3.74. The minimum atomic E-state index is -0.114. The van der Waals surface area contributed by atoms with Crippen molar-refractivity contribution in [3.05, 3.63) is 29.3 Å². The van der Waals surface area contributed by atoms with Crippen LogP contribution in [0.4, 0.5) is 0 Å². The van der Waals surface area contributed by atoms with Gasteiger partial charge in [0.05, 0.1) is 13.0 Å². The minimum absolute atomic E-state index is 0.114. The summed E-state index contributed by atoms with van der Waals surface area (Å²) in [6.07, 6.45) is 0.464. The van der Waals surface area contributed by atoms with Crippen molar-refractivity contribution >= 4 is 17.7 Å². The Morgan fingerprint density at radius 1 is 1.41 bits per heavy atom. The van der Waals surface area contributed by atoms with Crippen molar-refractivity contribution in [3.63, 3.8) is 0 Å². The number of carbonyl (C=O) groups excluding carboxylic acids is 1. The van der Waals surface area contributed by atoms with Crippen molar-refractivity contribution in [3.8, 4) is 0 Å². The summed E-state index contributed by atoms with van der Waals surface area (Å²) >= 11 is 1.73. The molecule has 1 rings (SSSR count). The van der Waals surface area contributed by atoms with Gasteiger partial charge in [-0.1, -0.05) is 24.6 Å². The molecule has 0 radical (unpaired) electrons. The van der Waals surface area contributed by atoms with Gasteiger partial charge in [0, 0.05) is 10.1 Å². The van der Waals surface area contributed by atoms with Crippen LogP contribution in [0.25, 0.3) is 0 Å². The van der Waals surface area contributed by atoms with Crippen LogP contribution in [-0.2, 0) is 9.53 Å². The molecule has 0 aliphatic rings. The number of aryl methyl sites for hydroxylation is 2. The molecule has 1 aromatic rings. The number of hydrogen-bond donors (Lipinski definition) is 0. The van der Waals surface area contributed by atoms with Crippen LogP contribution >= 0.6 is 11.8 Å². The van der Waals surface area contributed by atoms with Crippen LogP contribution in [0.2, 0.25) is 0 Å². The second kappa shape index (κ2) is 6.70. The zero-order chi connectivity index (χ0) is 12.8. The molecule has 94 valence electrons. The third kappa shape index (κ3) is 4.82. The quantitative estimate of drug-likeness (QED) is 0.590. The monoisotopic (exact) mass is 252 g/mol. The summed E-state index contributed by atoms with van der Waals surface area (Å²) in [4.78, 5) is 12.6. The summed E-state index contributed by atoms with van der Waals surface area (Å²) in [6, 6.07) is 6.39. The Hall–Kier alpha value is -0.960. The number of esters is 1. The van der Waals surface area contributed by atoms with Crippen LogP contribution in [0.1, 0.15) is 31.4 Å². The number of benzene rings is 1. The topological polar surface area (TPSA) is 26.3 Å². The van der Waals surface area contributed by atoms with Gasteiger partial charge in [-0.2, -0.15) is 0 Å². The fourth-order valence-corrected chi connectivity index (χ4v) is 2.69. The van der Waals surface area contributed by atoms with E-state index in [1.807, 2.05) is 6.92 Å². The molecule has 0 aromatic heterocycles. The van der Waals surface area contributed by atoms with Gasteiger partial charge in [-0.05, 0) is 32.4 Å². The normalized spacial score (nSPS) is 12.2. The Labute approximate surface area is 108 Å². The highest BCUT2D eigenvalue weighted by Crippen LogP contribution is 2.28. The van der Waals surface area contributed by atoms with Crippen molar-refractivity contribution < 1.29 is 9.53 Å². The maximum Gasteiger partial charge on any atom is 0.306 e. The number of hydrogen-bond acceptors (Lipinski definition) is 3. The molecule has 1 atom stereocenters. The van der Waals surface area contributed by atoms with E-state index in [1.165, 1.54) is 16.0 Å².